The van der Waals surface area contributed by atoms with Crippen molar-refractivity contribution in [2.75, 3.05) is 0 Å². The van der Waals surface area contributed by atoms with Crippen LogP contribution in [-0.4, -0.2) is 22.1 Å². The Kier molecular flexibility index (Phi) is 9.30. The van der Waals surface area contributed by atoms with Gasteiger partial charge in [-0.3, -0.25) is 4.98 Å². The first kappa shape index (κ1) is 15.4. The Bertz CT molecular complexity index is 335. The van der Waals surface area contributed by atoms with E-state index >= 15 is 0 Å². The third kappa shape index (κ3) is 5.50. The number of aromatic nitrogens is 1. The van der Waals surface area contributed by atoms with Crippen molar-refractivity contribution < 1.29 is 3.84 Å². The summed E-state index contributed by atoms with van der Waals surface area (Å²) in [7, 11) is 0. The second-order valence-electron chi connectivity index (χ2n) is 2.64. The van der Waals surface area contributed by atoms with Gasteiger partial charge in [-0.15, -0.1) is 0 Å². The van der Waals surface area contributed by atoms with Gasteiger partial charge in [-0.05, 0) is 12.1 Å². The minimum atomic E-state index is 0. The number of rotatable bonds is 1. The molecule has 5 heteroatoms. The molecule has 1 aromatic heterocycles. The monoisotopic (exact) mass is 321 g/mol. The van der Waals surface area contributed by atoms with Crippen molar-refractivity contribution in [1.82, 2.24) is 4.98 Å². The van der Waals surface area contributed by atoms with Crippen molar-refractivity contribution in [1.29, 1.82) is 0 Å². The molecule has 0 spiro atoms. The number of benzene rings is 1. The van der Waals surface area contributed by atoms with Crippen LogP contribution in [0, 0.1) is 0 Å². The van der Waals surface area contributed by atoms with Crippen LogP contribution in [0.1, 0.15) is 0 Å². The molecule has 1 aromatic carbocycles. The Morgan fingerprint density at radius 2 is 1.44 bits per heavy atom. The Hall–Kier alpha value is -0.571. The topological polar surface area (TPSA) is 22.1 Å². The Labute approximate surface area is 115 Å². The molecule has 0 aliphatic carbocycles. The normalized spacial score (nSPS) is 8.38. The Morgan fingerprint density at radius 3 is 1.94 bits per heavy atom. The third-order valence-corrected chi connectivity index (χ3v) is 1.73. The summed E-state index contributed by atoms with van der Waals surface area (Å²) in [6, 6.07) is 16.1. The van der Waals surface area contributed by atoms with Crippen LogP contribution in [0.4, 0.5) is 0 Å². The van der Waals surface area contributed by atoms with Crippen LogP contribution in [0.3, 0.4) is 0 Å². The van der Waals surface area contributed by atoms with E-state index in [0.29, 0.717) is 0 Å². The molecule has 2 rings (SSSR count). The molecule has 0 N–H and O–H groups in total. The van der Waals surface area contributed by atoms with Crippen molar-refractivity contribution >= 4 is 40.8 Å². The van der Waals surface area contributed by atoms with Crippen LogP contribution < -0.4 is 0 Å². The molecule has 16 heavy (non-hydrogen) atoms. The zero-order valence-electron chi connectivity index (χ0n) is 8.22. The summed E-state index contributed by atoms with van der Waals surface area (Å²) in [5.74, 6) is 0. The molecule has 0 fully saturated rings. The smallest absolute Gasteiger partial charge is 0.0832 e. The van der Waals surface area contributed by atoms with Gasteiger partial charge in [-0.2, -0.15) is 3.84 Å². The summed E-state index contributed by atoms with van der Waals surface area (Å²) in [6.45, 7) is 0. The standard InChI is InChI=1S/C11H9N.Cl2O.Se/c1-2-6-10(7-3-1)11-8-4-5-9-12-11;1-3-2;/h1-9H;;. The van der Waals surface area contributed by atoms with E-state index in [-0.39, 0.29) is 17.1 Å². The van der Waals surface area contributed by atoms with Crippen molar-refractivity contribution in [3.63, 3.8) is 0 Å². The summed E-state index contributed by atoms with van der Waals surface area (Å²) in [5.41, 5.74) is 2.19. The van der Waals surface area contributed by atoms with Gasteiger partial charge in [0, 0.05) is 28.8 Å². The zero-order chi connectivity index (χ0) is 10.9. The quantitative estimate of drug-likeness (QED) is 0.748. The van der Waals surface area contributed by atoms with Crippen molar-refractivity contribution in [2.45, 2.75) is 0 Å². The molecular formula is C11H9Cl2NOSe. The average Bonchev–Trinajstić information content (AvgIpc) is 2.32. The molecule has 1 heterocycles. The third-order valence-electron chi connectivity index (χ3n) is 1.73. The van der Waals surface area contributed by atoms with Crippen LogP contribution in [0.25, 0.3) is 11.3 Å². The van der Waals surface area contributed by atoms with Gasteiger partial charge in [0.2, 0.25) is 0 Å². The maximum atomic E-state index is 4.26. The van der Waals surface area contributed by atoms with E-state index < -0.39 is 0 Å². The molecule has 0 aliphatic rings. The first-order valence-electron chi connectivity index (χ1n) is 4.24. The van der Waals surface area contributed by atoms with Crippen LogP contribution in [-0.2, 0) is 3.84 Å². The molecule has 84 valence electrons. The van der Waals surface area contributed by atoms with Gasteiger partial charge >= 0.3 is 0 Å². The molecule has 0 aliphatic heterocycles. The maximum Gasteiger partial charge on any atom is 0.0832 e. The first-order valence-corrected chi connectivity index (χ1v) is 4.86. The van der Waals surface area contributed by atoms with Gasteiger partial charge in [0.15, 0.2) is 0 Å². The number of nitrogens with zero attached hydrogens (tertiary/aromatic N) is 1. The predicted octanol–water partition coefficient (Wildman–Crippen LogP) is 3.68. The van der Waals surface area contributed by atoms with Gasteiger partial charge in [-0.25, -0.2) is 0 Å². The van der Waals surface area contributed by atoms with E-state index in [4.69, 9.17) is 0 Å². The fourth-order valence-corrected chi connectivity index (χ4v) is 1.14. The number of hydrogen-bond acceptors (Lipinski definition) is 2. The Balaban J connectivity index is 0.000000511. The molecule has 2 nitrogen and oxygen atoms in total. The molecule has 0 bridgehead atoms. The van der Waals surface area contributed by atoms with E-state index in [1.165, 1.54) is 0 Å². The second kappa shape index (κ2) is 9.64. The maximum absolute atomic E-state index is 4.26. The van der Waals surface area contributed by atoms with Gasteiger partial charge < -0.3 is 0 Å². The van der Waals surface area contributed by atoms with E-state index in [0.717, 1.165) is 11.3 Å². The summed E-state index contributed by atoms with van der Waals surface area (Å²) in [4.78, 5) is 4.25. The SMILES string of the molecule is ClOCl.[Se].c1ccc(-c2ccccn2)cc1. The summed E-state index contributed by atoms with van der Waals surface area (Å²) < 4.78 is 3.19. The van der Waals surface area contributed by atoms with Crippen molar-refractivity contribution in [3.05, 3.63) is 54.7 Å². The van der Waals surface area contributed by atoms with E-state index in [1.54, 1.807) is 0 Å². The molecule has 2 radical (unpaired) electrons. The minimum absolute atomic E-state index is 0. The summed E-state index contributed by atoms with van der Waals surface area (Å²) >= 11 is 8.53. The number of halogens is 2. The molecular weight excluding hydrogens is 312 g/mol. The molecule has 0 unspecified atom stereocenters. The van der Waals surface area contributed by atoms with E-state index in [2.05, 4.69) is 44.7 Å². The van der Waals surface area contributed by atoms with Gasteiger partial charge in [-0.1, -0.05) is 36.4 Å². The van der Waals surface area contributed by atoms with Crippen molar-refractivity contribution in [2.24, 2.45) is 0 Å². The second-order valence-corrected chi connectivity index (χ2v) is 3.11. The summed E-state index contributed by atoms with van der Waals surface area (Å²) in [6.07, 6.45) is 1.81. The fourth-order valence-electron chi connectivity index (χ4n) is 1.14. The van der Waals surface area contributed by atoms with Crippen LogP contribution >= 0.6 is 23.7 Å². The number of hydrogen-bond donors (Lipinski definition) is 0. The largest absolute Gasteiger partial charge is 0.256 e. The number of pyridine rings is 1. The van der Waals surface area contributed by atoms with Gasteiger partial charge in [0.05, 0.1) is 29.4 Å². The summed E-state index contributed by atoms with van der Waals surface area (Å²) in [5, 5.41) is 0. The molecule has 0 saturated heterocycles. The van der Waals surface area contributed by atoms with Gasteiger partial charge in [0.25, 0.3) is 0 Å². The Morgan fingerprint density at radius 1 is 0.875 bits per heavy atom. The van der Waals surface area contributed by atoms with Crippen LogP contribution in [0.5, 0.6) is 0 Å². The molecule has 0 atom stereocenters. The van der Waals surface area contributed by atoms with Crippen molar-refractivity contribution in [3.8, 4) is 11.3 Å². The van der Waals surface area contributed by atoms with Gasteiger partial charge in [0.1, 0.15) is 0 Å². The first-order chi connectivity index (χ1) is 7.38. The molecule has 0 saturated carbocycles. The average molecular weight is 321 g/mol. The predicted molar refractivity (Wildman–Crippen MR) is 68.2 cm³/mol. The van der Waals surface area contributed by atoms with E-state index in [1.807, 2.05) is 42.6 Å². The minimum Gasteiger partial charge on any atom is -0.256 e. The van der Waals surface area contributed by atoms with Crippen LogP contribution in [0.15, 0.2) is 54.7 Å². The zero-order valence-corrected chi connectivity index (χ0v) is 11.4. The van der Waals surface area contributed by atoms with E-state index in [9.17, 15) is 0 Å². The fraction of sp³-hybridized carbons (Fsp3) is 0. The van der Waals surface area contributed by atoms with Crippen LogP contribution in [0.2, 0.25) is 0 Å². The molecule has 0 amide bonds. The molecule has 2 aromatic rings.